The number of nitrogens with zero attached hydrogens (tertiary/aromatic N) is 2. The second kappa shape index (κ2) is 5.74. The summed E-state index contributed by atoms with van der Waals surface area (Å²) >= 11 is 1.79. The zero-order valence-corrected chi connectivity index (χ0v) is 13.7. The third kappa shape index (κ3) is 3.07. The Balaban J connectivity index is 1.65. The molecular weight excluding hydrogens is 266 g/mol. The molecule has 2 aliphatic rings. The standard InChI is InChI=1S/C16H27N3S/c1-12(2)14-10-18-16(3,13-4-5-13)11-19(14)8-6-15-17-7-9-20-15/h7,9,12-14,18H,4-6,8,10-11H2,1-3H3. The molecule has 2 heterocycles. The summed E-state index contributed by atoms with van der Waals surface area (Å²) in [6.45, 7) is 10.6. The molecule has 112 valence electrons. The molecule has 1 aromatic heterocycles. The van der Waals surface area contributed by atoms with Gasteiger partial charge in [0.15, 0.2) is 0 Å². The van der Waals surface area contributed by atoms with Crippen molar-refractivity contribution in [2.75, 3.05) is 19.6 Å². The van der Waals surface area contributed by atoms with Gasteiger partial charge in [-0.1, -0.05) is 13.8 Å². The summed E-state index contributed by atoms with van der Waals surface area (Å²) in [6, 6.07) is 0.668. The van der Waals surface area contributed by atoms with Gasteiger partial charge in [0, 0.05) is 49.2 Å². The smallest absolute Gasteiger partial charge is 0.0937 e. The number of nitrogens with one attached hydrogen (secondary N) is 1. The van der Waals surface area contributed by atoms with E-state index >= 15 is 0 Å². The fourth-order valence-electron chi connectivity index (χ4n) is 3.57. The Hall–Kier alpha value is -0.450. The summed E-state index contributed by atoms with van der Waals surface area (Å²) in [5.41, 5.74) is 0.342. The molecular formula is C16H27N3S. The van der Waals surface area contributed by atoms with Crippen molar-refractivity contribution in [1.82, 2.24) is 15.2 Å². The van der Waals surface area contributed by atoms with E-state index in [2.05, 4.69) is 41.4 Å². The van der Waals surface area contributed by atoms with Crippen LogP contribution >= 0.6 is 11.3 Å². The molecule has 1 saturated carbocycles. The van der Waals surface area contributed by atoms with Gasteiger partial charge in [-0.2, -0.15) is 0 Å². The van der Waals surface area contributed by atoms with Crippen molar-refractivity contribution in [1.29, 1.82) is 0 Å². The fraction of sp³-hybridized carbons (Fsp3) is 0.812. The van der Waals surface area contributed by atoms with E-state index in [1.165, 1.54) is 24.4 Å². The van der Waals surface area contributed by atoms with Gasteiger partial charge in [-0.05, 0) is 31.6 Å². The summed E-state index contributed by atoms with van der Waals surface area (Å²) in [5, 5.41) is 7.22. The first kappa shape index (κ1) is 14.5. The van der Waals surface area contributed by atoms with Gasteiger partial charge in [0.25, 0.3) is 0 Å². The third-order valence-electron chi connectivity index (χ3n) is 5.06. The van der Waals surface area contributed by atoms with Crippen LogP contribution in [-0.2, 0) is 6.42 Å². The van der Waals surface area contributed by atoms with Gasteiger partial charge in [-0.15, -0.1) is 11.3 Å². The highest BCUT2D eigenvalue weighted by atomic mass is 32.1. The normalized spacial score (nSPS) is 31.9. The minimum Gasteiger partial charge on any atom is -0.308 e. The highest BCUT2D eigenvalue weighted by Crippen LogP contribution is 2.41. The third-order valence-corrected chi connectivity index (χ3v) is 5.90. The van der Waals surface area contributed by atoms with E-state index in [9.17, 15) is 0 Å². The number of aromatic nitrogens is 1. The molecule has 0 spiro atoms. The van der Waals surface area contributed by atoms with Crippen molar-refractivity contribution >= 4 is 11.3 Å². The van der Waals surface area contributed by atoms with Crippen LogP contribution in [0.25, 0.3) is 0 Å². The lowest BCUT2D eigenvalue weighted by molar-refractivity contribution is 0.0534. The van der Waals surface area contributed by atoms with Crippen molar-refractivity contribution in [2.45, 2.75) is 51.6 Å². The minimum absolute atomic E-state index is 0.342. The van der Waals surface area contributed by atoms with Crippen LogP contribution in [-0.4, -0.2) is 41.1 Å². The van der Waals surface area contributed by atoms with Crippen LogP contribution in [0.3, 0.4) is 0 Å². The Bertz CT molecular complexity index is 427. The molecule has 1 aliphatic carbocycles. The second-order valence-electron chi connectivity index (χ2n) is 7.03. The van der Waals surface area contributed by atoms with E-state index in [0.29, 0.717) is 17.5 Å². The Morgan fingerprint density at radius 3 is 2.90 bits per heavy atom. The van der Waals surface area contributed by atoms with Gasteiger partial charge in [-0.3, -0.25) is 4.90 Å². The van der Waals surface area contributed by atoms with Crippen LogP contribution in [0.4, 0.5) is 0 Å². The van der Waals surface area contributed by atoms with Gasteiger partial charge in [0.05, 0.1) is 5.01 Å². The molecule has 20 heavy (non-hydrogen) atoms. The maximum atomic E-state index is 4.43. The minimum atomic E-state index is 0.342. The molecule has 1 saturated heterocycles. The van der Waals surface area contributed by atoms with Crippen molar-refractivity contribution in [3.05, 3.63) is 16.6 Å². The van der Waals surface area contributed by atoms with E-state index in [4.69, 9.17) is 0 Å². The number of piperazine rings is 1. The van der Waals surface area contributed by atoms with Gasteiger partial charge < -0.3 is 5.32 Å². The molecule has 2 unspecified atom stereocenters. The molecule has 2 atom stereocenters. The van der Waals surface area contributed by atoms with E-state index < -0.39 is 0 Å². The maximum Gasteiger partial charge on any atom is 0.0937 e. The SMILES string of the molecule is CC(C)C1CNC(C)(C2CC2)CN1CCc1nccs1. The Kier molecular flexibility index (Phi) is 4.16. The monoisotopic (exact) mass is 293 g/mol. The first-order valence-corrected chi connectivity index (χ1v) is 8.84. The second-order valence-corrected chi connectivity index (χ2v) is 8.01. The zero-order valence-electron chi connectivity index (χ0n) is 12.9. The van der Waals surface area contributed by atoms with Crippen LogP contribution in [0.2, 0.25) is 0 Å². The number of hydrogen-bond donors (Lipinski definition) is 1. The summed E-state index contributed by atoms with van der Waals surface area (Å²) in [6.07, 6.45) is 5.85. The highest BCUT2D eigenvalue weighted by Gasteiger charge is 2.46. The quantitative estimate of drug-likeness (QED) is 0.905. The average molecular weight is 293 g/mol. The van der Waals surface area contributed by atoms with E-state index in [-0.39, 0.29) is 0 Å². The first-order chi connectivity index (χ1) is 9.58. The van der Waals surface area contributed by atoms with E-state index in [1.807, 2.05) is 6.20 Å². The van der Waals surface area contributed by atoms with Gasteiger partial charge in [0.2, 0.25) is 0 Å². The topological polar surface area (TPSA) is 28.2 Å². The van der Waals surface area contributed by atoms with Crippen molar-refractivity contribution in [2.24, 2.45) is 11.8 Å². The fourth-order valence-corrected chi connectivity index (χ4v) is 4.18. The molecule has 0 bridgehead atoms. The molecule has 3 rings (SSSR count). The van der Waals surface area contributed by atoms with E-state index in [0.717, 1.165) is 25.4 Å². The molecule has 2 fully saturated rings. The number of rotatable bonds is 5. The van der Waals surface area contributed by atoms with Gasteiger partial charge in [-0.25, -0.2) is 4.98 Å². The molecule has 0 aromatic carbocycles. The molecule has 3 nitrogen and oxygen atoms in total. The average Bonchev–Trinajstić information content (AvgIpc) is 3.15. The molecule has 4 heteroatoms. The summed E-state index contributed by atoms with van der Waals surface area (Å²) in [7, 11) is 0. The van der Waals surface area contributed by atoms with Gasteiger partial charge in [0.1, 0.15) is 0 Å². The molecule has 1 aliphatic heterocycles. The highest BCUT2D eigenvalue weighted by molar-refractivity contribution is 7.09. The van der Waals surface area contributed by atoms with Crippen LogP contribution in [0, 0.1) is 11.8 Å². The number of thiazole rings is 1. The van der Waals surface area contributed by atoms with E-state index in [1.54, 1.807) is 11.3 Å². The van der Waals surface area contributed by atoms with Crippen LogP contribution < -0.4 is 5.32 Å². The summed E-state index contributed by atoms with van der Waals surface area (Å²) < 4.78 is 0. The predicted molar refractivity (Wildman–Crippen MR) is 85.1 cm³/mol. The lowest BCUT2D eigenvalue weighted by atomic mass is 9.88. The maximum absolute atomic E-state index is 4.43. The lowest BCUT2D eigenvalue weighted by Crippen LogP contribution is -2.65. The van der Waals surface area contributed by atoms with Crippen LogP contribution in [0.1, 0.15) is 38.6 Å². The van der Waals surface area contributed by atoms with Crippen molar-refractivity contribution < 1.29 is 0 Å². The summed E-state index contributed by atoms with van der Waals surface area (Å²) in [4.78, 5) is 7.15. The Labute approximate surface area is 126 Å². The lowest BCUT2D eigenvalue weighted by Gasteiger charge is -2.48. The largest absolute Gasteiger partial charge is 0.308 e. The zero-order chi connectivity index (χ0) is 14.2. The van der Waals surface area contributed by atoms with Crippen molar-refractivity contribution in [3.63, 3.8) is 0 Å². The predicted octanol–water partition coefficient (Wildman–Crippen LogP) is 2.78. The van der Waals surface area contributed by atoms with Crippen molar-refractivity contribution in [3.8, 4) is 0 Å². The molecule has 1 aromatic rings. The first-order valence-electron chi connectivity index (χ1n) is 7.96. The van der Waals surface area contributed by atoms with Crippen LogP contribution in [0.5, 0.6) is 0 Å². The van der Waals surface area contributed by atoms with Crippen LogP contribution in [0.15, 0.2) is 11.6 Å². The Morgan fingerprint density at radius 1 is 1.50 bits per heavy atom. The Morgan fingerprint density at radius 2 is 2.30 bits per heavy atom. The molecule has 0 amide bonds. The summed E-state index contributed by atoms with van der Waals surface area (Å²) in [5.74, 6) is 1.61. The van der Waals surface area contributed by atoms with Gasteiger partial charge >= 0.3 is 0 Å². The molecule has 0 radical (unpaired) electrons. The number of hydrogen-bond acceptors (Lipinski definition) is 4. The molecule has 1 N–H and O–H groups in total.